The zero-order valence-electron chi connectivity index (χ0n) is 11.3. The van der Waals surface area contributed by atoms with Gasteiger partial charge in [0.05, 0.1) is 0 Å². The van der Waals surface area contributed by atoms with E-state index in [0.29, 0.717) is 6.04 Å². The van der Waals surface area contributed by atoms with Crippen molar-refractivity contribution in [3.63, 3.8) is 0 Å². The van der Waals surface area contributed by atoms with Crippen LogP contribution in [0.2, 0.25) is 0 Å². The largest absolute Gasteiger partial charge is 0.316 e. The molecule has 0 aliphatic heterocycles. The minimum Gasteiger partial charge on any atom is -0.316 e. The summed E-state index contributed by atoms with van der Waals surface area (Å²) in [6, 6.07) is 1.54. The third-order valence-corrected chi connectivity index (χ3v) is 4.65. The maximum atomic E-state index is 3.56. The molecule has 1 aliphatic carbocycles. The van der Waals surface area contributed by atoms with E-state index in [9.17, 15) is 0 Å². The smallest absolute Gasteiger partial charge is 0.0157 e. The number of hydrogen-bond donors (Lipinski definition) is 1. The Hall–Kier alpha value is 0.270. The molecule has 3 heteroatoms. The predicted molar refractivity (Wildman–Crippen MR) is 75.3 cm³/mol. The summed E-state index contributed by atoms with van der Waals surface area (Å²) in [6.45, 7) is 6.98. The first-order valence-corrected chi connectivity index (χ1v) is 8.01. The molecule has 1 aliphatic rings. The van der Waals surface area contributed by atoms with Gasteiger partial charge in [-0.3, -0.25) is 4.90 Å². The molecule has 1 saturated carbocycles. The lowest BCUT2D eigenvalue weighted by Crippen LogP contribution is -2.52. The van der Waals surface area contributed by atoms with Crippen molar-refractivity contribution in [1.29, 1.82) is 0 Å². The van der Waals surface area contributed by atoms with Crippen molar-refractivity contribution in [2.75, 3.05) is 32.1 Å². The molecular weight excluding hydrogens is 216 g/mol. The molecule has 96 valence electrons. The second-order valence-corrected chi connectivity index (χ2v) is 5.99. The number of rotatable bonds is 8. The zero-order valence-corrected chi connectivity index (χ0v) is 12.1. The fourth-order valence-electron chi connectivity index (χ4n) is 2.48. The lowest BCUT2D eigenvalue weighted by molar-refractivity contribution is 0.0624. The van der Waals surface area contributed by atoms with Crippen LogP contribution in [-0.4, -0.2) is 49.1 Å². The van der Waals surface area contributed by atoms with Crippen molar-refractivity contribution < 1.29 is 0 Å². The number of nitrogens with one attached hydrogen (secondary N) is 1. The molecule has 0 amide bonds. The molecule has 0 heterocycles. The maximum Gasteiger partial charge on any atom is 0.0157 e. The van der Waals surface area contributed by atoms with Crippen molar-refractivity contribution in [2.24, 2.45) is 5.92 Å². The third-order valence-electron chi connectivity index (χ3n) is 3.84. The van der Waals surface area contributed by atoms with Gasteiger partial charge >= 0.3 is 0 Å². The summed E-state index contributed by atoms with van der Waals surface area (Å²) in [4.78, 5) is 2.60. The molecule has 16 heavy (non-hydrogen) atoms. The first kappa shape index (κ1) is 14.3. The summed E-state index contributed by atoms with van der Waals surface area (Å²) in [7, 11) is 2.30. The van der Waals surface area contributed by atoms with Crippen LogP contribution in [0.4, 0.5) is 0 Å². The summed E-state index contributed by atoms with van der Waals surface area (Å²) in [5.74, 6) is 2.14. The molecule has 0 radical (unpaired) electrons. The van der Waals surface area contributed by atoms with E-state index in [-0.39, 0.29) is 0 Å². The number of thioether (sulfide) groups is 1. The normalized spacial score (nSPS) is 26.8. The quantitative estimate of drug-likeness (QED) is 0.660. The van der Waals surface area contributed by atoms with Gasteiger partial charge in [-0.2, -0.15) is 11.8 Å². The zero-order chi connectivity index (χ0) is 12.0. The molecule has 1 N–H and O–H groups in total. The molecule has 0 aromatic rings. The van der Waals surface area contributed by atoms with Crippen LogP contribution in [0.15, 0.2) is 0 Å². The molecule has 1 rings (SSSR count). The van der Waals surface area contributed by atoms with E-state index in [2.05, 4.69) is 37.4 Å². The van der Waals surface area contributed by atoms with Crippen LogP contribution in [0, 0.1) is 5.92 Å². The minimum atomic E-state index is 0.717. The Morgan fingerprint density at radius 1 is 1.44 bits per heavy atom. The SMILES string of the molecule is CCCNCC1CCC1N(C)C(C)CSC. The van der Waals surface area contributed by atoms with Crippen molar-refractivity contribution in [3.05, 3.63) is 0 Å². The van der Waals surface area contributed by atoms with Crippen molar-refractivity contribution in [2.45, 2.75) is 45.2 Å². The highest BCUT2D eigenvalue weighted by atomic mass is 32.2. The molecule has 0 aromatic heterocycles. The fraction of sp³-hybridized carbons (Fsp3) is 1.00. The van der Waals surface area contributed by atoms with Crippen molar-refractivity contribution >= 4 is 11.8 Å². The van der Waals surface area contributed by atoms with E-state index in [0.717, 1.165) is 12.0 Å². The average Bonchev–Trinajstić information content (AvgIpc) is 2.23. The van der Waals surface area contributed by atoms with Crippen LogP contribution in [0.3, 0.4) is 0 Å². The predicted octanol–water partition coefficient (Wildman–Crippen LogP) is 2.45. The Balaban J connectivity index is 2.25. The number of nitrogens with zero attached hydrogens (tertiary/aromatic N) is 1. The van der Waals surface area contributed by atoms with Gasteiger partial charge in [0.15, 0.2) is 0 Å². The van der Waals surface area contributed by atoms with E-state index in [1.54, 1.807) is 0 Å². The highest BCUT2D eigenvalue weighted by Crippen LogP contribution is 2.32. The molecule has 0 bridgehead atoms. The molecule has 1 fully saturated rings. The van der Waals surface area contributed by atoms with Gasteiger partial charge in [0.25, 0.3) is 0 Å². The van der Waals surface area contributed by atoms with E-state index in [4.69, 9.17) is 0 Å². The Labute approximate surface area is 106 Å². The van der Waals surface area contributed by atoms with E-state index < -0.39 is 0 Å². The van der Waals surface area contributed by atoms with E-state index in [1.807, 2.05) is 11.8 Å². The van der Waals surface area contributed by atoms with Gasteiger partial charge in [0, 0.05) is 17.8 Å². The summed E-state index contributed by atoms with van der Waals surface area (Å²) in [5, 5.41) is 3.56. The highest BCUT2D eigenvalue weighted by Gasteiger charge is 2.34. The van der Waals surface area contributed by atoms with Gasteiger partial charge in [-0.15, -0.1) is 0 Å². The Morgan fingerprint density at radius 3 is 2.69 bits per heavy atom. The van der Waals surface area contributed by atoms with E-state index >= 15 is 0 Å². The molecule has 0 spiro atoms. The average molecular weight is 244 g/mol. The monoisotopic (exact) mass is 244 g/mol. The van der Waals surface area contributed by atoms with Crippen LogP contribution in [-0.2, 0) is 0 Å². The van der Waals surface area contributed by atoms with Crippen LogP contribution >= 0.6 is 11.8 Å². The summed E-state index contributed by atoms with van der Waals surface area (Å²) >= 11 is 1.96. The molecule has 3 atom stereocenters. The molecule has 0 saturated heterocycles. The summed E-state index contributed by atoms with van der Waals surface area (Å²) < 4.78 is 0. The molecule has 0 aromatic carbocycles. The van der Waals surface area contributed by atoms with Gasteiger partial charge in [0.2, 0.25) is 0 Å². The molecule has 2 nitrogen and oxygen atoms in total. The van der Waals surface area contributed by atoms with Gasteiger partial charge < -0.3 is 5.32 Å². The van der Waals surface area contributed by atoms with Gasteiger partial charge in [-0.05, 0) is 58.5 Å². The number of hydrogen-bond acceptors (Lipinski definition) is 3. The van der Waals surface area contributed by atoms with Crippen molar-refractivity contribution in [1.82, 2.24) is 10.2 Å². The van der Waals surface area contributed by atoms with Gasteiger partial charge in [0.1, 0.15) is 0 Å². The van der Waals surface area contributed by atoms with Crippen LogP contribution in [0.1, 0.15) is 33.1 Å². The molecule has 3 unspecified atom stereocenters. The van der Waals surface area contributed by atoms with Gasteiger partial charge in [-0.1, -0.05) is 6.92 Å². The first-order valence-electron chi connectivity index (χ1n) is 6.62. The van der Waals surface area contributed by atoms with E-state index in [1.165, 1.54) is 38.1 Å². The Kier molecular flexibility index (Phi) is 6.78. The lowest BCUT2D eigenvalue weighted by Gasteiger charge is -2.45. The Bertz CT molecular complexity index is 187. The maximum absolute atomic E-state index is 3.56. The third kappa shape index (κ3) is 3.94. The highest BCUT2D eigenvalue weighted by molar-refractivity contribution is 7.98. The fourth-order valence-corrected chi connectivity index (χ4v) is 3.19. The van der Waals surface area contributed by atoms with Crippen LogP contribution < -0.4 is 5.32 Å². The van der Waals surface area contributed by atoms with Gasteiger partial charge in [-0.25, -0.2) is 0 Å². The second kappa shape index (κ2) is 7.57. The molecular formula is C13H28N2S. The topological polar surface area (TPSA) is 15.3 Å². The first-order chi connectivity index (χ1) is 7.70. The standard InChI is InChI=1S/C13H28N2S/c1-5-8-14-9-12-6-7-13(12)15(3)11(2)10-16-4/h11-14H,5-10H2,1-4H3. The Morgan fingerprint density at radius 2 is 2.19 bits per heavy atom. The summed E-state index contributed by atoms with van der Waals surface area (Å²) in [5.41, 5.74) is 0. The lowest BCUT2D eigenvalue weighted by atomic mass is 9.78. The van der Waals surface area contributed by atoms with Crippen LogP contribution in [0.25, 0.3) is 0 Å². The summed E-state index contributed by atoms with van der Waals surface area (Å²) in [6.07, 6.45) is 6.26. The van der Waals surface area contributed by atoms with Crippen LogP contribution in [0.5, 0.6) is 0 Å². The second-order valence-electron chi connectivity index (χ2n) is 5.08. The van der Waals surface area contributed by atoms with Crippen molar-refractivity contribution in [3.8, 4) is 0 Å². The minimum absolute atomic E-state index is 0.717.